The molecule has 3 heteroatoms. The van der Waals surface area contributed by atoms with Gasteiger partial charge in [0, 0.05) is 5.88 Å². The molecule has 1 aliphatic carbocycles. The third-order valence-electron chi connectivity index (χ3n) is 3.94. The fourth-order valence-electron chi connectivity index (χ4n) is 2.85. The number of unbranched alkanes of at least 4 members (excludes halogenated alkanes) is 1. The largest absolute Gasteiger partial charge is 0.465 e. The fraction of sp³-hybridized carbons (Fsp3) is 0.562. The van der Waals surface area contributed by atoms with Gasteiger partial charge in [-0.25, -0.2) is 0 Å². The van der Waals surface area contributed by atoms with E-state index in [0.29, 0.717) is 12.5 Å². The Morgan fingerprint density at radius 1 is 1.16 bits per heavy atom. The molecule has 0 heterocycles. The molecule has 1 aromatic rings. The minimum absolute atomic E-state index is 0.0502. The van der Waals surface area contributed by atoms with Gasteiger partial charge in [-0.1, -0.05) is 43.2 Å². The van der Waals surface area contributed by atoms with Gasteiger partial charge in [-0.2, -0.15) is 0 Å². The molecule has 0 spiro atoms. The maximum atomic E-state index is 12.5. The van der Waals surface area contributed by atoms with Crippen LogP contribution in [-0.4, -0.2) is 18.5 Å². The molecular formula is C16H21ClO2. The average molecular weight is 281 g/mol. The Morgan fingerprint density at radius 2 is 1.84 bits per heavy atom. The van der Waals surface area contributed by atoms with Gasteiger partial charge in [0.15, 0.2) is 0 Å². The number of ether oxygens (including phenoxy) is 1. The molecule has 0 unspecified atom stereocenters. The third-order valence-corrected chi connectivity index (χ3v) is 4.20. The topological polar surface area (TPSA) is 26.3 Å². The van der Waals surface area contributed by atoms with Crippen molar-refractivity contribution in [1.82, 2.24) is 0 Å². The summed E-state index contributed by atoms with van der Waals surface area (Å²) in [6.07, 6.45) is 5.77. The molecule has 0 bridgehead atoms. The number of alkyl halides is 1. The van der Waals surface area contributed by atoms with E-state index in [4.69, 9.17) is 16.3 Å². The van der Waals surface area contributed by atoms with E-state index in [1.807, 2.05) is 30.3 Å². The van der Waals surface area contributed by atoms with Crippen molar-refractivity contribution in [2.45, 2.75) is 43.9 Å². The van der Waals surface area contributed by atoms with Crippen molar-refractivity contribution in [3.05, 3.63) is 35.9 Å². The SMILES string of the molecule is O=C(OCCCCCl)C1(c2ccccc2)CCCC1. The molecule has 1 aliphatic rings. The van der Waals surface area contributed by atoms with Gasteiger partial charge >= 0.3 is 5.97 Å². The van der Waals surface area contributed by atoms with Crippen molar-refractivity contribution >= 4 is 17.6 Å². The van der Waals surface area contributed by atoms with E-state index in [0.717, 1.165) is 44.1 Å². The summed E-state index contributed by atoms with van der Waals surface area (Å²) in [7, 11) is 0. The van der Waals surface area contributed by atoms with Gasteiger partial charge in [0.05, 0.1) is 12.0 Å². The first-order valence-corrected chi connectivity index (χ1v) is 7.62. The summed E-state index contributed by atoms with van der Waals surface area (Å²) in [4.78, 5) is 12.5. The molecule has 2 nitrogen and oxygen atoms in total. The second-order valence-electron chi connectivity index (χ2n) is 5.19. The van der Waals surface area contributed by atoms with E-state index >= 15 is 0 Å². The van der Waals surface area contributed by atoms with Crippen LogP contribution in [0.4, 0.5) is 0 Å². The first-order valence-electron chi connectivity index (χ1n) is 7.08. The monoisotopic (exact) mass is 280 g/mol. The Balaban J connectivity index is 2.05. The standard InChI is InChI=1S/C16H21ClO2/c17-12-6-7-13-19-15(18)16(10-4-5-11-16)14-8-2-1-3-9-14/h1-3,8-9H,4-7,10-13H2. The Morgan fingerprint density at radius 3 is 2.47 bits per heavy atom. The highest BCUT2D eigenvalue weighted by molar-refractivity contribution is 6.17. The number of hydrogen-bond acceptors (Lipinski definition) is 2. The molecule has 0 atom stereocenters. The summed E-state index contributed by atoms with van der Waals surface area (Å²) >= 11 is 5.63. The van der Waals surface area contributed by atoms with Gasteiger partial charge < -0.3 is 4.74 Å². The molecule has 1 fully saturated rings. The minimum atomic E-state index is -0.401. The molecule has 104 valence electrons. The Kier molecular flexibility index (Phi) is 5.26. The van der Waals surface area contributed by atoms with Crippen LogP contribution in [0.5, 0.6) is 0 Å². The lowest BCUT2D eigenvalue weighted by Gasteiger charge is -2.27. The highest BCUT2D eigenvalue weighted by Gasteiger charge is 2.43. The highest BCUT2D eigenvalue weighted by atomic mass is 35.5. The van der Waals surface area contributed by atoms with Crippen LogP contribution < -0.4 is 0 Å². The summed E-state index contributed by atoms with van der Waals surface area (Å²) in [5.41, 5.74) is 0.706. The van der Waals surface area contributed by atoms with Crippen LogP contribution in [0.2, 0.25) is 0 Å². The summed E-state index contributed by atoms with van der Waals surface area (Å²) in [5, 5.41) is 0. The summed E-state index contributed by atoms with van der Waals surface area (Å²) in [6.45, 7) is 0.486. The zero-order valence-electron chi connectivity index (χ0n) is 11.2. The van der Waals surface area contributed by atoms with Crippen LogP contribution in [-0.2, 0) is 14.9 Å². The number of hydrogen-bond donors (Lipinski definition) is 0. The number of esters is 1. The second kappa shape index (κ2) is 6.95. The normalized spacial score (nSPS) is 17.3. The van der Waals surface area contributed by atoms with E-state index < -0.39 is 5.41 Å². The molecule has 0 radical (unpaired) electrons. The summed E-state index contributed by atoms with van der Waals surface area (Å²) in [6, 6.07) is 10.1. The quantitative estimate of drug-likeness (QED) is 0.446. The summed E-state index contributed by atoms with van der Waals surface area (Å²) in [5.74, 6) is 0.576. The maximum absolute atomic E-state index is 12.5. The molecule has 2 rings (SSSR count). The van der Waals surface area contributed by atoms with Gasteiger partial charge in [0.1, 0.15) is 0 Å². The smallest absolute Gasteiger partial charge is 0.316 e. The molecule has 1 saturated carbocycles. The Bertz CT molecular complexity index is 396. The van der Waals surface area contributed by atoms with E-state index in [9.17, 15) is 4.79 Å². The van der Waals surface area contributed by atoms with Crippen LogP contribution in [0.3, 0.4) is 0 Å². The lowest BCUT2D eigenvalue weighted by molar-refractivity contribution is -0.150. The van der Waals surface area contributed by atoms with Crippen LogP contribution >= 0.6 is 11.6 Å². The van der Waals surface area contributed by atoms with Crippen molar-refractivity contribution in [2.75, 3.05) is 12.5 Å². The predicted molar refractivity (Wildman–Crippen MR) is 77.5 cm³/mol. The van der Waals surface area contributed by atoms with Crippen LogP contribution in [0, 0.1) is 0 Å². The molecule has 0 amide bonds. The van der Waals surface area contributed by atoms with Crippen molar-refractivity contribution < 1.29 is 9.53 Å². The zero-order valence-corrected chi connectivity index (χ0v) is 12.0. The van der Waals surface area contributed by atoms with Crippen molar-refractivity contribution in [3.63, 3.8) is 0 Å². The molecule has 0 aliphatic heterocycles. The van der Waals surface area contributed by atoms with Crippen LogP contribution in [0.1, 0.15) is 44.1 Å². The first kappa shape index (κ1) is 14.4. The molecule has 0 aromatic heterocycles. The van der Waals surface area contributed by atoms with Gasteiger partial charge in [-0.3, -0.25) is 4.79 Å². The third kappa shape index (κ3) is 3.30. The number of rotatable bonds is 6. The van der Waals surface area contributed by atoms with E-state index in [1.54, 1.807) is 0 Å². The highest BCUT2D eigenvalue weighted by Crippen LogP contribution is 2.42. The van der Waals surface area contributed by atoms with Crippen molar-refractivity contribution in [1.29, 1.82) is 0 Å². The lowest BCUT2D eigenvalue weighted by atomic mass is 9.79. The number of carbonyl (C=O) groups is 1. The van der Waals surface area contributed by atoms with E-state index in [2.05, 4.69) is 0 Å². The maximum Gasteiger partial charge on any atom is 0.316 e. The molecule has 19 heavy (non-hydrogen) atoms. The van der Waals surface area contributed by atoms with Crippen molar-refractivity contribution in [2.24, 2.45) is 0 Å². The number of benzene rings is 1. The molecular weight excluding hydrogens is 260 g/mol. The predicted octanol–water partition coefficient (Wildman–Crippen LogP) is 4.06. The first-order chi connectivity index (χ1) is 9.29. The van der Waals surface area contributed by atoms with Crippen molar-refractivity contribution in [3.8, 4) is 0 Å². The van der Waals surface area contributed by atoms with Gasteiger partial charge in [0.25, 0.3) is 0 Å². The number of carbonyl (C=O) groups excluding carboxylic acids is 1. The fourth-order valence-corrected chi connectivity index (χ4v) is 3.03. The van der Waals surface area contributed by atoms with Crippen LogP contribution in [0.25, 0.3) is 0 Å². The van der Waals surface area contributed by atoms with E-state index in [1.165, 1.54) is 0 Å². The number of halogens is 1. The average Bonchev–Trinajstić information content (AvgIpc) is 2.95. The Hall–Kier alpha value is -1.02. The molecule has 0 saturated heterocycles. The lowest BCUT2D eigenvalue weighted by Crippen LogP contribution is -2.34. The van der Waals surface area contributed by atoms with E-state index in [-0.39, 0.29) is 5.97 Å². The summed E-state index contributed by atoms with van der Waals surface area (Å²) < 4.78 is 5.49. The van der Waals surface area contributed by atoms with Crippen LogP contribution in [0.15, 0.2) is 30.3 Å². The second-order valence-corrected chi connectivity index (χ2v) is 5.57. The molecule has 0 N–H and O–H groups in total. The van der Waals surface area contributed by atoms with Gasteiger partial charge in [0.2, 0.25) is 0 Å². The zero-order chi connectivity index (χ0) is 13.6. The van der Waals surface area contributed by atoms with Gasteiger partial charge in [-0.05, 0) is 31.2 Å². The van der Waals surface area contributed by atoms with Gasteiger partial charge in [-0.15, -0.1) is 11.6 Å². The molecule has 1 aromatic carbocycles. The Labute approximate surface area is 120 Å². The minimum Gasteiger partial charge on any atom is -0.465 e.